The van der Waals surface area contributed by atoms with Gasteiger partial charge in [0.15, 0.2) is 5.78 Å². The lowest BCUT2D eigenvalue weighted by atomic mass is 10.1. The standard InChI is InChI=1S/C18H14N4O4/c1-12(23)13-3-2-4-16(9-13)21-18(24)14(10-19)11-20-15-5-7-17(8-6-15)22(25)26/h2-9,11,20H,1H3,(H,21,24)/b14-11-. The van der Waals surface area contributed by atoms with Crippen molar-refractivity contribution >= 4 is 28.8 Å². The largest absolute Gasteiger partial charge is 0.360 e. The molecule has 0 bridgehead atoms. The van der Waals surface area contributed by atoms with Crippen LogP contribution in [0.15, 0.2) is 60.3 Å². The molecule has 0 aromatic heterocycles. The molecule has 8 nitrogen and oxygen atoms in total. The van der Waals surface area contributed by atoms with E-state index < -0.39 is 10.8 Å². The van der Waals surface area contributed by atoms with Crippen molar-refractivity contribution in [2.75, 3.05) is 10.6 Å². The van der Waals surface area contributed by atoms with Crippen molar-refractivity contribution in [3.63, 3.8) is 0 Å². The molecule has 1 amide bonds. The van der Waals surface area contributed by atoms with Gasteiger partial charge in [-0.3, -0.25) is 19.7 Å². The minimum absolute atomic E-state index is 0.0665. The summed E-state index contributed by atoms with van der Waals surface area (Å²) in [6.07, 6.45) is 1.20. The van der Waals surface area contributed by atoms with E-state index in [1.54, 1.807) is 24.3 Å². The Morgan fingerprint density at radius 3 is 2.42 bits per heavy atom. The molecule has 0 aliphatic heterocycles. The summed E-state index contributed by atoms with van der Waals surface area (Å²) < 4.78 is 0. The van der Waals surface area contributed by atoms with E-state index in [9.17, 15) is 19.7 Å². The first kappa shape index (κ1) is 18.4. The van der Waals surface area contributed by atoms with Gasteiger partial charge in [-0.25, -0.2) is 0 Å². The van der Waals surface area contributed by atoms with E-state index in [2.05, 4.69) is 10.6 Å². The zero-order chi connectivity index (χ0) is 19.1. The first-order valence-corrected chi connectivity index (χ1v) is 7.44. The average Bonchev–Trinajstić information content (AvgIpc) is 2.62. The van der Waals surface area contributed by atoms with Crippen LogP contribution in [0.3, 0.4) is 0 Å². The van der Waals surface area contributed by atoms with E-state index in [0.29, 0.717) is 16.9 Å². The fourth-order valence-corrected chi connectivity index (χ4v) is 2.00. The van der Waals surface area contributed by atoms with Gasteiger partial charge in [0.25, 0.3) is 11.6 Å². The van der Waals surface area contributed by atoms with E-state index in [0.717, 1.165) is 0 Å². The third kappa shape index (κ3) is 4.75. The SMILES string of the molecule is CC(=O)c1cccc(NC(=O)/C(C#N)=C\Nc2ccc([N+](=O)[O-])cc2)c1. The van der Waals surface area contributed by atoms with Crippen LogP contribution in [0.4, 0.5) is 17.1 Å². The highest BCUT2D eigenvalue weighted by Gasteiger charge is 2.10. The number of anilines is 2. The number of rotatable bonds is 6. The summed E-state index contributed by atoms with van der Waals surface area (Å²) in [5.41, 5.74) is 1.04. The molecule has 2 rings (SSSR count). The number of amides is 1. The smallest absolute Gasteiger partial charge is 0.269 e. The first-order valence-electron chi connectivity index (χ1n) is 7.44. The maximum absolute atomic E-state index is 12.2. The van der Waals surface area contributed by atoms with Crippen molar-refractivity contribution in [1.82, 2.24) is 0 Å². The van der Waals surface area contributed by atoms with Crippen molar-refractivity contribution < 1.29 is 14.5 Å². The molecule has 8 heteroatoms. The number of non-ortho nitro benzene ring substituents is 1. The molecule has 0 saturated carbocycles. The molecule has 0 fully saturated rings. The minimum atomic E-state index is -0.650. The lowest BCUT2D eigenvalue weighted by molar-refractivity contribution is -0.384. The summed E-state index contributed by atoms with van der Waals surface area (Å²) in [6, 6.07) is 13.6. The summed E-state index contributed by atoms with van der Waals surface area (Å²) in [7, 11) is 0. The average molecular weight is 350 g/mol. The monoisotopic (exact) mass is 350 g/mol. The normalized spacial score (nSPS) is 10.5. The van der Waals surface area contributed by atoms with Gasteiger partial charge < -0.3 is 10.6 Å². The number of nitro groups is 1. The fraction of sp³-hybridized carbons (Fsp3) is 0.0556. The molecule has 26 heavy (non-hydrogen) atoms. The molecule has 0 unspecified atom stereocenters. The zero-order valence-corrected chi connectivity index (χ0v) is 13.7. The van der Waals surface area contributed by atoms with E-state index in [4.69, 9.17) is 5.26 Å². The number of nitriles is 1. The second kappa shape index (κ2) is 8.21. The van der Waals surface area contributed by atoms with Crippen molar-refractivity contribution in [1.29, 1.82) is 5.26 Å². The predicted octanol–water partition coefficient (Wildman–Crippen LogP) is 3.26. The van der Waals surface area contributed by atoms with Gasteiger partial charge in [0, 0.05) is 35.3 Å². The molecule has 2 aromatic carbocycles. The lowest BCUT2D eigenvalue weighted by Crippen LogP contribution is -2.14. The summed E-state index contributed by atoms with van der Waals surface area (Å²) in [5, 5.41) is 25.0. The van der Waals surface area contributed by atoms with Gasteiger partial charge in [-0.1, -0.05) is 12.1 Å². The molecule has 0 aliphatic rings. The third-order valence-corrected chi connectivity index (χ3v) is 3.35. The van der Waals surface area contributed by atoms with Crippen LogP contribution in [0.1, 0.15) is 17.3 Å². The van der Waals surface area contributed by atoms with Crippen LogP contribution >= 0.6 is 0 Å². The summed E-state index contributed by atoms with van der Waals surface area (Å²) in [6.45, 7) is 1.41. The Hall–Kier alpha value is -3.99. The number of nitro benzene ring substituents is 1. The molecular weight excluding hydrogens is 336 g/mol. The Kier molecular flexibility index (Phi) is 5.79. The molecule has 0 aliphatic carbocycles. The Morgan fingerprint density at radius 2 is 1.85 bits per heavy atom. The number of ketones is 1. The van der Waals surface area contributed by atoms with Gasteiger partial charge in [0.2, 0.25) is 0 Å². The van der Waals surface area contributed by atoms with E-state index in [1.807, 2.05) is 0 Å². The van der Waals surface area contributed by atoms with Crippen LogP contribution in [0.5, 0.6) is 0 Å². The van der Waals surface area contributed by atoms with Crippen LogP contribution in [0.2, 0.25) is 0 Å². The van der Waals surface area contributed by atoms with Gasteiger partial charge in [-0.05, 0) is 31.2 Å². The van der Waals surface area contributed by atoms with Crippen molar-refractivity contribution in [2.24, 2.45) is 0 Å². The summed E-state index contributed by atoms with van der Waals surface area (Å²) >= 11 is 0. The number of carbonyl (C=O) groups is 2. The molecule has 0 spiro atoms. The first-order chi connectivity index (χ1) is 12.4. The molecule has 0 saturated heterocycles. The van der Waals surface area contributed by atoms with Crippen molar-refractivity contribution in [3.05, 3.63) is 76.0 Å². The minimum Gasteiger partial charge on any atom is -0.360 e. The van der Waals surface area contributed by atoms with Crippen LogP contribution in [-0.4, -0.2) is 16.6 Å². The number of carbonyl (C=O) groups excluding carboxylic acids is 2. The van der Waals surface area contributed by atoms with E-state index in [1.165, 1.54) is 43.5 Å². The number of nitrogens with one attached hydrogen (secondary N) is 2. The molecule has 2 aromatic rings. The molecule has 0 radical (unpaired) electrons. The Balaban J connectivity index is 2.09. The van der Waals surface area contributed by atoms with Gasteiger partial charge in [-0.2, -0.15) is 5.26 Å². The number of Topliss-reactive ketones (excluding diaryl/α,β-unsaturated/α-hetero) is 1. The molecule has 130 valence electrons. The van der Waals surface area contributed by atoms with Crippen LogP contribution < -0.4 is 10.6 Å². The number of hydrogen-bond acceptors (Lipinski definition) is 6. The third-order valence-electron chi connectivity index (χ3n) is 3.35. The maximum atomic E-state index is 12.2. The Bertz CT molecular complexity index is 927. The van der Waals surface area contributed by atoms with Crippen LogP contribution in [0, 0.1) is 21.4 Å². The van der Waals surface area contributed by atoms with Gasteiger partial charge in [-0.15, -0.1) is 0 Å². The van der Waals surface area contributed by atoms with Crippen LogP contribution in [0.25, 0.3) is 0 Å². The molecule has 0 heterocycles. The zero-order valence-electron chi connectivity index (χ0n) is 13.7. The van der Waals surface area contributed by atoms with Crippen molar-refractivity contribution in [2.45, 2.75) is 6.92 Å². The van der Waals surface area contributed by atoms with Crippen molar-refractivity contribution in [3.8, 4) is 6.07 Å². The fourth-order valence-electron chi connectivity index (χ4n) is 2.00. The second-order valence-electron chi connectivity index (χ2n) is 5.21. The highest BCUT2D eigenvalue weighted by atomic mass is 16.6. The summed E-state index contributed by atoms with van der Waals surface area (Å²) in [4.78, 5) is 33.6. The van der Waals surface area contributed by atoms with Gasteiger partial charge >= 0.3 is 0 Å². The molecule has 2 N–H and O–H groups in total. The van der Waals surface area contributed by atoms with Gasteiger partial charge in [0.05, 0.1) is 4.92 Å². The molecule has 0 atom stereocenters. The Labute approximate surface area is 148 Å². The number of nitrogens with zero attached hydrogens (tertiary/aromatic N) is 2. The lowest BCUT2D eigenvalue weighted by Gasteiger charge is -2.06. The maximum Gasteiger partial charge on any atom is 0.269 e. The Morgan fingerprint density at radius 1 is 1.15 bits per heavy atom. The summed E-state index contributed by atoms with van der Waals surface area (Å²) in [5.74, 6) is -0.792. The molecular formula is C18H14N4O4. The van der Waals surface area contributed by atoms with E-state index in [-0.39, 0.29) is 17.0 Å². The van der Waals surface area contributed by atoms with E-state index >= 15 is 0 Å². The second-order valence-corrected chi connectivity index (χ2v) is 5.21. The topological polar surface area (TPSA) is 125 Å². The number of hydrogen-bond donors (Lipinski definition) is 2. The highest BCUT2D eigenvalue weighted by Crippen LogP contribution is 2.16. The number of benzene rings is 2. The van der Waals surface area contributed by atoms with Gasteiger partial charge in [0.1, 0.15) is 11.6 Å². The van der Waals surface area contributed by atoms with Crippen LogP contribution in [-0.2, 0) is 4.79 Å². The predicted molar refractivity (Wildman–Crippen MR) is 95.5 cm³/mol. The highest BCUT2D eigenvalue weighted by molar-refractivity contribution is 6.07. The quantitative estimate of drug-likeness (QED) is 0.271.